The van der Waals surface area contributed by atoms with Crippen molar-refractivity contribution in [2.75, 3.05) is 0 Å². The lowest BCUT2D eigenvalue weighted by molar-refractivity contribution is -0.137. The highest BCUT2D eigenvalue weighted by Crippen LogP contribution is 2.64. The number of carboxylic acids is 1. The zero-order valence-electron chi connectivity index (χ0n) is 12.2. The Balaban J connectivity index is 1.56. The zero-order chi connectivity index (χ0) is 17.9. The quantitative estimate of drug-likeness (QED) is 0.738. The van der Waals surface area contributed by atoms with Crippen LogP contribution >= 0.6 is 23.4 Å². The molecule has 0 bridgehead atoms. The Morgan fingerprint density at radius 1 is 1.20 bits per heavy atom. The van der Waals surface area contributed by atoms with Crippen LogP contribution in [0.4, 0.5) is 13.2 Å². The number of allylic oxidation sites excluding steroid dienone is 1. The Morgan fingerprint density at radius 3 is 2.60 bits per heavy atom. The number of fused-ring (bicyclic) bond motifs is 3. The molecule has 128 valence electrons. The van der Waals surface area contributed by atoms with E-state index in [1.165, 1.54) is 17.8 Å². The minimum atomic E-state index is -4.47. The monoisotopic (exact) mass is 384 g/mol. The molecule has 0 aromatic heterocycles. The molecular formula is C17H8ClF3O3S. The molecule has 0 spiro atoms. The van der Waals surface area contributed by atoms with Crippen molar-refractivity contribution in [1.82, 2.24) is 0 Å². The number of hydrogen-bond donors (Lipinski definition) is 1. The van der Waals surface area contributed by atoms with Gasteiger partial charge in [-0.05, 0) is 35.9 Å². The maximum absolute atomic E-state index is 12.7. The van der Waals surface area contributed by atoms with E-state index in [4.69, 9.17) is 21.4 Å². The standard InChI is InChI=1S/C17H8ClF3O3S/c18-10-5-7(17(19,20)21)1-4-11(10)24-8-2-3-9-12(6-8)25-15-13(9)14(15)16(22)23/h1-6,13H,(H,22,23). The molecule has 1 aliphatic heterocycles. The smallest absolute Gasteiger partial charge is 0.416 e. The van der Waals surface area contributed by atoms with Crippen LogP contribution in [-0.2, 0) is 11.0 Å². The number of carbonyl (C=O) groups is 1. The van der Waals surface area contributed by atoms with Crippen LogP contribution in [0.25, 0.3) is 0 Å². The third-order valence-corrected chi connectivity index (χ3v) is 5.51. The molecule has 8 heteroatoms. The molecule has 2 aromatic carbocycles. The van der Waals surface area contributed by atoms with Gasteiger partial charge in [-0.3, -0.25) is 0 Å². The van der Waals surface area contributed by atoms with Gasteiger partial charge < -0.3 is 9.84 Å². The topological polar surface area (TPSA) is 46.5 Å². The van der Waals surface area contributed by atoms with Crippen molar-refractivity contribution in [2.45, 2.75) is 17.0 Å². The molecule has 25 heavy (non-hydrogen) atoms. The second kappa shape index (κ2) is 5.44. The Morgan fingerprint density at radius 2 is 1.96 bits per heavy atom. The van der Waals surface area contributed by atoms with Crippen molar-refractivity contribution in [2.24, 2.45) is 0 Å². The van der Waals surface area contributed by atoms with Crippen LogP contribution in [0.15, 0.2) is 51.8 Å². The number of halogens is 4. The van der Waals surface area contributed by atoms with Crippen LogP contribution in [0.3, 0.4) is 0 Å². The molecule has 1 aliphatic carbocycles. The minimum Gasteiger partial charge on any atom is -0.478 e. The predicted molar refractivity (Wildman–Crippen MR) is 86.2 cm³/mol. The largest absolute Gasteiger partial charge is 0.478 e. The molecule has 0 amide bonds. The lowest BCUT2D eigenvalue weighted by Gasteiger charge is -2.12. The molecule has 0 saturated carbocycles. The van der Waals surface area contributed by atoms with E-state index >= 15 is 0 Å². The van der Waals surface area contributed by atoms with Crippen LogP contribution in [-0.4, -0.2) is 11.1 Å². The average molecular weight is 385 g/mol. The van der Waals surface area contributed by atoms with E-state index in [9.17, 15) is 18.0 Å². The van der Waals surface area contributed by atoms with Crippen LogP contribution in [0, 0.1) is 0 Å². The normalized spacial score (nSPS) is 18.0. The average Bonchev–Trinajstić information content (AvgIpc) is 3.12. The molecule has 1 heterocycles. The summed E-state index contributed by atoms with van der Waals surface area (Å²) < 4.78 is 43.6. The highest BCUT2D eigenvalue weighted by molar-refractivity contribution is 8.04. The summed E-state index contributed by atoms with van der Waals surface area (Å²) in [6.07, 6.45) is -4.47. The van der Waals surface area contributed by atoms with Gasteiger partial charge in [0, 0.05) is 9.80 Å². The van der Waals surface area contributed by atoms with Crippen LogP contribution in [0.5, 0.6) is 11.5 Å². The Labute approximate surface area is 149 Å². The van der Waals surface area contributed by atoms with Crippen LogP contribution < -0.4 is 4.74 Å². The van der Waals surface area contributed by atoms with Gasteiger partial charge in [0.25, 0.3) is 0 Å². The first-order chi connectivity index (χ1) is 11.8. The first kappa shape index (κ1) is 16.4. The van der Waals surface area contributed by atoms with E-state index in [2.05, 4.69) is 0 Å². The summed E-state index contributed by atoms with van der Waals surface area (Å²) in [5, 5.41) is 8.92. The van der Waals surface area contributed by atoms with E-state index in [1.54, 1.807) is 18.2 Å². The van der Waals surface area contributed by atoms with E-state index in [-0.39, 0.29) is 16.7 Å². The second-order valence-electron chi connectivity index (χ2n) is 5.56. The van der Waals surface area contributed by atoms with Crippen molar-refractivity contribution in [1.29, 1.82) is 0 Å². The third-order valence-electron chi connectivity index (χ3n) is 3.97. The highest BCUT2D eigenvalue weighted by atomic mass is 35.5. The fourth-order valence-electron chi connectivity index (χ4n) is 2.75. The van der Waals surface area contributed by atoms with Gasteiger partial charge in [0.15, 0.2) is 0 Å². The molecule has 1 N–H and O–H groups in total. The fraction of sp³-hybridized carbons (Fsp3) is 0.118. The number of thioether (sulfide) groups is 1. The molecule has 4 rings (SSSR count). The predicted octanol–water partition coefficient (Wildman–Crippen LogP) is 5.69. The summed E-state index contributed by atoms with van der Waals surface area (Å²) in [5.41, 5.74) is 0.489. The molecule has 1 unspecified atom stereocenters. The summed E-state index contributed by atoms with van der Waals surface area (Å²) in [7, 11) is 0. The van der Waals surface area contributed by atoms with Crippen molar-refractivity contribution in [3.8, 4) is 11.5 Å². The Hall–Kier alpha value is -2.12. The van der Waals surface area contributed by atoms with E-state index in [1.807, 2.05) is 0 Å². The lowest BCUT2D eigenvalue weighted by Crippen LogP contribution is -2.04. The lowest BCUT2D eigenvalue weighted by atomic mass is 10.1. The molecule has 2 aromatic rings. The van der Waals surface area contributed by atoms with Crippen LogP contribution in [0.1, 0.15) is 17.0 Å². The summed E-state index contributed by atoms with van der Waals surface area (Å²) in [5.74, 6) is -0.504. The summed E-state index contributed by atoms with van der Waals surface area (Å²) in [4.78, 5) is 12.7. The maximum Gasteiger partial charge on any atom is 0.416 e. The van der Waals surface area contributed by atoms with Crippen LogP contribution in [0.2, 0.25) is 5.02 Å². The molecule has 1 atom stereocenters. The number of benzene rings is 2. The summed E-state index contributed by atoms with van der Waals surface area (Å²) in [6, 6.07) is 8.04. The Kier molecular flexibility index (Phi) is 3.56. The van der Waals surface area contributed by atoms with Crippen molar-refractivity contribution < 1.29 is 27.8 Å². The molecule has 0 radical (unpaired) electrons. The first-order valence-electron chi connectivity index (χ1n) is 7.09. The van der Waals surface area contributed by atoms with Crippen molar-refractivity contribution >= 4 is 29.3 Å². The second-order valence-corrected chi connectivity index (χ2v) is 7.05. The molecule has 0 fully saturated rings. The van der Waals surface area contributed by atoms with Crippen molar-refractivity contribution in [3.63, 3.8) is 0 Å². The van der Waals surface area contributed by atoms with Crippen molar-refractivity contribution in [3.05, 3.63) is 63.0 Å². The van der Waals surface area contributed by atoms with Gasteiger partial charge in [-0.15, -0.1) is 0 Å². The Bertz CT molecular complexity index is 953. The molecule has 3 nitrogen and oxygen atoms in total. The summed E-state index contributed by atoms with van der Waals surface area (Å²) >= 11 is 7.26. The fourth-order valence-corrected chi connectivity index (χ4v) is 4.31. The first-order valence-corrected chi connectivity index (χ1v) is 8.29. The van der Waals surface area contributed by atoms with Gasteiger partial charge in [-0.2, -0.15) is 13.2 Å². The number of ether oxygens (including phenoxy) is 1. The molecule has 2 aliphatic rings. The van der Waals surface area contributed by atoms with Gasteiger partial charge in [0.05, 0.1) is 22.1 Å². The van der Waals surface area contributed by atoms with E-state index < -0.39 is 17.7 Å². The minimum absolute atomic E-state index is 0.119. The SMILES string of the molecule is O=C(O)C1=C2Sc3cc(Oc4ccc(C(F)(F)F)cc4Cl)ccc3C21. The number of rotatable bonds is 3. The number of alkyl halides is 3. The number of hydrogen-bond acceptors (Lipinski definition) is 3. The molecule has 0 saturated heterocycles. The highest BCUT2D eigenvalue weighted by Gasteiger charge is 2.49. The third kappa shape index (κ3) is 2.77. The van der Waals surface area contributed by atoms with Gasteiger partial charge >= 0.3 is 12.1 Å². The van der Waals surface area contributed by atoms with Gasteiger partial charge in [-0.1, -0.05) is 29.4 Å². The number of aliphatic carboxylic acids is 1. The van der Waals surface area contributed by atoms with E-state index in [0.717, 1.165) is 27.5 Å². The molecular weight excluding hydrogens is 377 g/mol. The maximum atomic E-state index is 12.7. The van der Waals surface area contributed by atoms with Gasteiger partial charge in [-0.25, -0.2) is 4.79 Å². The number of carboxylic acid groups (broad SMARTS) is 1. The zero-order valence-corrected chi connectivity index (χ0v) is 13.8. The van der Waals surface area contributed by atoms with Gasteiger partial charge in [0.1, 0.15) is 11.5 Å². The summed E-state index contributed by atoms with van der Waals surface area (Å²) in [6.45, 7) is 0. The van der Waals surface area contributed by atoms with E-state index in [0.29, 0.717) is 11.3 Å². The van der Waals surface area contributed by atoms with Gasteiger partial charge in [0.2, 0.25) is 0 Å².